The van der Waals surface area contributed by atoms with Gasteiger partial charge in [0.25, 0.3) is 0 Å². The fourth-order valence-corrected chi connectivity index (χ4v) is 1.83. The molecule has 1 aliphatic heterocycles. The van der Waals surface area contributed by atoms with Crippen LogP contribution in [0.25, 0.3) is 0 Å². The Kier molecular flexibility index (Phi) is 6.95. The Labute approximate surface area is 104 Å². The molecule has 0 radical (unpaired) electrons. The Morgan fingerprint density at radius 2 is 2.12 bits per heavy atom. The van der Waals surface area contributed by atoms with Crippen LogP contribution in [0.1, 0.15) is 26.7 Å². The van der Waals surface area contributed by atoms with Crippen LogP contribution in [-0.4, -0.2) is 43.2 Å². The topological polar surface area (TPSA) is 55.6 Å². The maximum absolute atomic E-state index is 11.9. The molecule has 0 aromatic carbocycles. The number of methoxy groups -OCH3 is 1. The van der Waals surface area contributed by atoms with Crippen LogP contribution in [0.5, 0.6) is 0 Å². The van der Waals surface area contributed by atoms with Gasteiger partial charge in [0.05, 0.1) is 12.1 Å². The summed E-state index contributed by atoms with van der Waals surface area (Å²) in [5.41, 5.74) is 5.85. The molecular weight excluding hydrogens is 228 g/mol. The molecule has 0 aromatic rings. The summed E-state index contributed by atoms with van der Waals surface area (Å²) in [6.45, 7) is 5.45. The average molecular weight is 251 g/mol. The second kappa shape index (κ2) is 7.09. The van der Waals surface area contributed by atoms with E-state index >= 15 is 0 Å². The zero-order valence-electron chi connectivity index (χ0n) is 10.3. The molecule has 0 spiro atoms. The van der Waals surface area contributed by atoms with E-state index in [0.717, 1.165) is 19.4 Å². The van der Waals surface area contributed by atoms with E-state index in [4.69, 9.17) is 10.5 Å². The largest absolute Gasteiger partial charge is 0.380 e. The number of nitrogens with two attached hydrogens (primary N) is 1. The molecule has 1 fully saturated rings. The Bertz CT molecular complexity index is 224. The van der Waals surface area contributed by atoms with Crippen molar-refractivity contribution in [3.05, 3.63) is 0 Å². The summed E-state index contributed by atoms with van der Waals surface area (Å²) < 4.78 is 5.28. The van der Waals surface area contributed by atoms with Crippen LogP contribution in [0, 0.1) is 5.92 Å². The number of amides is 1. The van der Waals surface area contributed by atoms with Gasteiger partial charge in [0.1, 0.15) is 0 Å². The Morgan fingerprint density at radius 3 is 2.62 bits per heavy atom. The normalized spacial score (nSPS) is 22.8. The third kappa shape index (κ3) is 3.92. The predicted octanol–water partition coefficient (Wildman–Crippen LogP) is 1.03. The van der Waals surface area contributed by atoms with Crippen LogP contribution in [0.2, 0.25) is 0 Å². The minimum atomic E-state index is -0.374. The van der Waals surface area contributed by atoms with Gasteiger partial charge in [-0.2, -0.15) is 0 Å². The summed E-state index contributed by atoms with van der Waals surface area (Å²) in [5.74, 6) is 0.257. The molecule has 0 bridgehead atoms. The first-order valence-electron chi connectivity index (χ1n) is 5.63. The number of nitrogens with zero attached hydrogens (tertiary/aromatic N) is 1. The SMILES string of the molecule is COC1CCCN(C(=O)C(N)C(C)C)C1.Cl. The van der Waals surface area contributed by atoms with Gasteiger partial charge in [0.2, 0.25) is 5.91 Å². The number of hydrogen-bond donors (Lipinski definition) is 1. The fourth-order valence-electron chi connectivity index (χ4n) is 1.83. The van der Waals surface area contributed by atoms with Crippen molar-refractivity contribution in [1.82, 2.24) is 4.90 Å². The van der Waals surface area contributed by atoms with Crippen molar-refractivity contribution in [3.63, 3.8) is 0 Å². The van der Waals surface area contributed by atoms with Crippen molar-refractivity contribution in [3.8, 4) is 0 Å². The fraction of sp³-hybridized carbons (Fsp3) is 0.909. The van der Waals surface area contributed by atoms with Crippen LogP contribution >= 0.6 is 12.4 Å². The zero-order valence-corrected chi connectivity index (χ0v) is 11.1. The Morgan fingerprint density at radius 1 is 1.50 bits per heavy atom. The number of carbonyl (C=O) groups is 1. The second-order valence-electron chi connectivity index (χ2n) is 4.55. The molecule has 2 unspecified atom stereocenters. The highest BCUT2D eigenvalue weighted by atomic mass is 35.5. The smallest absolute Gasteiger partial charge is 0.239 e. The van der Waals surface area contributed by atoms with E-state index in [1.54, 1.807) is 7.11 Å². The molecule has 1 rings (SSSR count). The first-order chi connectivity index (χ1) is 7.06. The first-order valence-corrected chi connectivity index (χ1v) is 5.63. The van der Waals surface area contributed by atoms with E-state index in [1.165, 1.54) is 0 Å². The van der Waals surface area contributed by atoms with Gasteiger partial charge in [0, 0.05) is 20.2 Å². The lowest BCUT2D eigenvalue weighted by Crippen LogP contribution is -2.51. The third-order valence-corrected chi connectivity index (χ3v) is 3.03. The van der Waals surface area contributed by atoms with E-state index in [0.29, 0.717) is 6.54 Å². The van der Waals surface area contributed by atoms with Gasteiger partial charge in [-0.05, 0) is 18.8 Å². The maximum Gasteiger partial charge on any atom is 0.239 e. The summed E-state index contributed by atoms with van der Waals surface area (Å²) >= 11 is 0. The Hall–Kier alpha value is -0.320. The van der Waals surface area contributed by atoms with Crippen molar-refractivity contribution in [1.29, 1.82) is 0 Å². The lowest BCUT2D eigenvalue weighted by Gasteiger charge is -2.34. The standard InChI is InChI=1S/C11H22N2O2.ClH/c1-8(2)10(12)11(14)13-6-4-5-9(7-13)15-3;/h8-10H,4-7,12H2,1-3H3;1H. The summed E-state index contributed by atoms with van der Waals surface area (Å²) in [5, 5.41) is 0. The number of piperidine rings is 1. The van der Waals surface area contributed by atoms with E-state index in [1.807, 2.05) is 18.7 Å². The van der Waals surface area contributed by atoms with Crippen LogP contribution in [0.3, 0.4) is 0 Å². The summed E-state index contributed by atoms with van der Waals surface area (Å²) in [6.07, 6.45) is 2.23. The lowest BCUT2D eigenvalue weighted by atomic mass is 10.0. The molecule has 5 heteroatoms. The monoisotopic (exact) mass is 250 g/mol. The second-order valence-corrected chi connectivity index (χ2v) is 4.55. The van der Waals surface area contributed by atoms with Gasteiger partial charge in [-0.3, -0.25) is 4.79 Å². The number of likely N-dealkylation sites (tertiary alicyclic amines) is 1. The zero-order chi connectivity index (χ0) is 11.4. The van der Waals surface area contributed by atoms with Gasteiger partial charge in [0.15, 0.2) is 0 Å². The van der Waals surface area contributed by atoms with Crippen molar-refractivity contribution in [2.45, 2.75) is 38.8 Å². The van der Waals surface area contributed by atoms with Crippen molar-refractivity contribution in [2.75, 3.05) is 20.2 Å². The minimum absolute atomic E-state index is 0. The average Bonchev–Trinajstić information content (AvgIpc) is 2.27. The molecule has 0 aliphatic carbocycles. The molecule has 16 heavy (non-hydrogen) atoms. The minimum Gasteiger partial charge on any atom is -0.380 e. The number of rotatable bonds is 3. The quantitative estimate of drug-likeness (QED) is 0.814. The van der Waals surface area contributed by atoms with Crippen LogP contribution in [-0.2, 0) is 9.53 Å². The first kappa shape index (κ1) is 15.7. The van der Waals surface area contributed by atoms with Crippen LogP contribution in [0.4, 0.5) is 0 Å². The summed E-state index contributed by atoms with van der Waals surface area (Å²) in [4.78, 5) is 13.8. The summed E-state index contributed by atoms with van der Waals surface area (Å²) in [6, 6.07) is -0.374. The molecular formula is C11H23ClN2O2. The summed E-state index contributed by atoms with van der Waals surface area (Å²) in [7, 11) is 1.70. The highest BCUT2D eigenvalue weighted by molar-refractivity contribution is 5.85. The van der Waals surface area contributed by atoms with E-state index < -0.39 is 0 Å². The molecule has 0 aromatic heterocycles. The van der Waals surface area contributed by atoms with Crippen molar-refractivity contribution < 1.29 is 9.53 Å². The van der Waals surface area contributed by atoms with Gasteiger partial charge in [-0.15, -0.1) is 12.4 Å². The van der Waals surface area contributed by atoms with E-state index in [2.05, 4.69) is 0 Å². The van der Waals surface area contributed by atoms with Crippen molar-refractivity contribution >= 4 is 18.3 Å². The third-order valence-electron chi connectivity index (χ3n) is 3.03. The molecule has 2 N–H and O–H groups in total. The van der Waals surface area contributed by atoms with Gasteiger partial charge in [-0.25, -0.2) is 0 Å². The van der Waals surface area contributed by atoms with Crippen molar-refractivity contribution in [2.24, 2.45) is 11.7 Å². The molecule has 96 valence electrons. The number of hydrogen-bond acceptors (Lipinski definition) is 3. The predicted molar refractivity (Wildman–Crippen MR) is 66.7 cm³/mol. The lowest BCUT2D eigenvalue weighted by molar-refractivity contribution is -0.137. The molecule has 4 nitrogen and oxygen atoms in total. The molecule has 0 saturated carbocycles. The Balaban J connectivity index is 0.00000225. The van der Waals surface area contributed by atoms with Gasteiger partial charge >= 0.3 is 0 Å². The molecule has 2 atom stereocenters. The molecule has 1 amide bonds. The maximum atomic E-state index is 11.9. The highest BCUT2D eigenvalue weighted by Crippen LogP contribution is 2.14. The number of carbonyl (C=O) groups excluding carboxylic acids is 1. The number of halogens is 1. The molecule has 1 heterocycles. The van der Waals surface area contributed by atoms with Gasteiger partial charge in [-0.1, -0.05) is 13.8 Å². The van der Waals surface area contributed by atoms with E-state index in [-0.39, 0.29) is 36.4 Å². The van der Waals surface area contributed by atoms with Crippen LogP contribution in [0.15, 0.2) is 0 Å². The molecule has 1 aliphatic rings. The highest BCUT2D eigenvalue weighted by Gasteiger charge is 2.28. The number of ether oxygens (including phenoxy) is 1. The molecule has 1 saturated heterocycles. The van der Waals surface area contributed by atoms with Crippen LogP contribution < -0.4 is 5.73 Å². The van der Waals surface area contributed by atoms with E-state index in [9.17, 15) is 4.79 Å². The van der Waals surface area contributed by atoms with Gasteiger partial charge < -0.3 is 15.4 Å².